The fourth-order valence-corrected chi connectivity index (χ4v) is 6.62. The number of aliphatic hydroxyl groups is 1. The molecule has 1 N–H and O–H groups in total. The molecule has 3 rings (SSSR count). The first-order valence-electron chi connectivity index (χ1n) is 13.5. The third-order valence-electron chi connectivity index (χ3n) is 9.06. The van der Waals surface area contributed by atoms with Crippen molar-refractivity contribution < 1.29 is 5.11 Å². The highest BCUT2D eigenvalue weighted by molar-refractivity contribution is 5.34. The molecule has 3 fully saturated rings. The Morgan fingerprint density at radius 3 is 2.31 bits per heavy atom. The molecule has 0 heterocycles. The lowest BCUT2D eigenvalue weighted by atomic mass is 9.51. The molecule has 1 heteroatoms. The van der Waals surface area contributed by atoms with Crippen molar-refractivity contribution in [2.45, 2.75) is 105 Å². The predicted molar refractivity (Wildman–Crippen MR) is 142 cm³/mol. The minimum atomic E-state index is 0.478. The molecule has 3 saturated carbocycles. The van der Waals surface area contributed by atoms with Crippen LogP contribution in [0.2, 0.25) is 0 Å². The number of hydrogen-bond donors (Lipinski definition) is 1. The van der Waals surface area contributed by atoms with Crippen LogP contribution in [0.5, 0.6) is 0 Å². The molecule has 4 unspecified atom stereocenters. The van der Waals surface area contributed by atoms with Gasteiger partial charge >= 0.3 is 0 Å². The summed E-state index contributed by atoms with van der Waals surface area (Å²) in [6.45, 7) is 16.6. The number of fused-ring (bicyclic) bond motifs is 1. The molecule has 32 heavy (non-hydrogen) atoms. The summed E-state index contributed by atoms with van der Waals surface area (Å²) in [6.07, 6.45) is 24.9. The Labute approximate surface area is 200 Å². The molecule has 5 atom stereocenters. The van der Waals surface area contributed by atoms with Crippen molar-refractivity contribution in [1.82, 2.24) is 0 Å². The van der Waals surface area contributed by atoms with Gasteiger partial charge in [0.05, 0.1) is 0 Å². The Morgan fingerprint density at radius 1 is 0.875 bits per heavy atom. The molecular formula is C31H52O. The topological polar surface area (TPSA) is 20.2 Å². The summed E-state index contributed by atoms with van der Waals surface area (Å²) in [6, 6.07) is 0. The van der Waals surface area contributed by atoms with E-state index in [-0.39, 0.29) is 0 Å². The van der Waals surface area contributed by atoms with Crippen molar-refractivity contribution in [2.24, 2.45) is 35.0 Å². The van der Waals surface area contributed by atoms with Crippen LogP contribution in [0.3, 0.4) is 0 Å². The van der Waals surface area contributed by atoms with E-state index in [1.54, 1.807) is 11.1 Å². The summed E-state index contributed by atoms with van der Waals surface area (Å²) in [5.41, 5.74) is 5.18. The summed E-state index contributed by atoms with van der Waals surface area (Å²) in [5, 5.41) is 7.00. The Bertz CT molecular complexity index is 679. The van der Waals surface area contributed by atoms with Crippen LogP contribution in [0.15, 0.2) is 47.6 Å². The lowest BCUT2D eigenvalue weighted by Crippen LogP contribution is -2.44. The minimum Gasteiger partial charge on any atom is -0.400 e. The fraction of sp³-hybridized carbons (Fsp3) is 0.742. The van der Waals surface area contributed by atoms with Gasteiger partial charge in [0.2, 0.25) is 0 Å². The van der Waals surface area contributed by atoms with Crippen LogP contribution < -0.4 is 0 Å². The van der Waals surface area contributed by atoms with Gasteiger partial charge in [-0.15, -0.1) is 0 Å². The van der Waals surface area contributed by atoms with Crippen molar-refractivity contribution in [1.29, 1.82) is 0 Å². The first-order chi connectivity index (χ1) is 15.3. The van der Waals surface area contributed by atoms with Crippen LogP contribution in [-0.4, -0.2) is 12.2 Å². The average Bonchev–Trinajstić information content (AvgIpc) is 3.00. The fourth-order valence-electron chi connectivity index (χ4n) is 6.62. The van der Waals surface area contributed by atoms with Gasteiger partial charge < -0.3 is 5.11 Å². The van der Waals surface area contributed by atoms with Crippen LogP contribution in [0.25, 0.3) is 0 Å². The molecule has 182 valence electrons. The summed E-state index contributed by atoms with van der Waals surface area (Å²) in [7, 11) is 1.00. The zero-order valence-corrected chi connectivity index (χ0v) is 22.1. The quantitative estimate of drug-likeness (QED) is 0.334. The molecule has 0 aliphatic heterocycles. The zero-order valence-electron chi connectivity index (χ0n) is 22.1. The van der Waals surface area contributed by atoms with E-state index in [1.807, 2.05) is 0 Å². The number of hydrogen-bond acceptors (Lipinski definition) is 1. The minimum absolute atomic E-state index is 0.478. The maximum atomic E-state index is 7.00. The van der Waals surface area contributed by atoms with E-state index in [2.05, 4.69) is 65.5 Å². The van der Waals surface area contributed by atoms with Gasteiger partial charge in [-0.3, -0.25) is 0 Å². The van der Waals surface area contributed by atoms with Crippen LogP contribution in [-0.2, 0) is 0 Å². The summed E-state index contributed by atoms with van der Waals surface area (Å²) < 4.78 is 0. The van der Waals surface area contributed by atoms with E-state index in [0.717, 1.165) is 24.9 Å². The van der Waals surface area contributed by atoms with Crippen molar-refractivity contribution in [2.75, 3.05) is 7.11 Å². The van der Waals surface area contributed by atoms with Gasteiger partial charge in [0.25, 0.3) is 0 Å². The Hall–Kier alpha value is -1.08. The highest BCUT2D eigenvalue weighted by Gasteiger charge is 2.47. The van der Waals surface area contributed by atoms with Crippen LogP contribution >= 0.6 is 0 Å². The molecule has 3 aliphatic carbocycles. The van der Waals surface area contributed by atoms with E-state index in [9.17, 15) is 0 Å². The second-order valence-corrected chi connectivity index (χ2v) is 11.4. The molecule has 0 spiro atoms. The van der Waals surface area contributed by atoms with E-state index in [1.165, 1.54) is 76.2 Å². The van der Waals surface area contributed by atoms with E-state index in [4.69, 9.17) is 5.11 Å². The normalized spacial score (nSPS) is 33.6. The zero-order chi connectivity index (χ0) is 23.7. The van der Waals surface area contributed by atoms with Gasteiger partial charge in [-0.25, -0.2) is 0 Å². The third-order valence-corrected chi connectivity index (χ3v) is 9.06. The van der Waals surface area contributed by atoms with E-state index in [0.29, 0.717) is 17.3 Å². The molecular weight excluding hydrogens is 388 g/mol. The number of aliphatic hydroxyl groups excluding tert-OH is 1. The maximum Gasteiger partial charge on any atom is 0.0319 e. The molecule has 0 saturated heterocycles. The highest BCUT2D eigenvalue weighted by Crippen LogP contribution is 2.57. The standard InChI is InChI=1S/C30H48.CH4O/c1-22(2)23(3)17-18-25(5)28-15-10-16-29-27(14-11-21-30(28,29)6)20-19-26-13-9-7-8-12-24(26)4;1-2/h17-20,22-23,25,28-29H,4,7-16,21H2,1-3,5-6H3;2H,1H3/b18-17+,26-19-,27-20+;/t23?,25?,28?,29?,30-;/m1./s1. The maximum absolute atomic E-state index is 7.00. The molecule has 3 aliphatic rings. The smallest absolute Gasteiger partial charge is 0.0319 e. The average molecular weight is 441 g/mol. The van der Waals surface area contributed by atoms with Crippen molar-refractivity contribution in [3.63, 3.8) is 0 Å². The summed E-state index contributed by atoms with van der Waals surface area (Å²) in [5.74, 6) is 3.73. The highest BCUT2D eigenvalue weighted by atomic mass is 16.2. The Kier molecular flexibility index (Phi) is 11.0. The van der Waals surface area contributed by atoms with Crippen molar-refractivity contribution in [3.05, 3.63) is 47.6 Å². The van der Waals surface area contributed by atoms with Gasteiger partial charge in [0.1, 0.15) is 0 Å². The second kappa shape index (κ2) is 13.0. The third kappa shape index (κ3) is 6.72. The van der Waals surface area contributed by atoms with Crippen molar-refractivity contribution >= 4 is 0 Å². The number of allylic oxidation sites excluding steroid dienone is 7. The van der Waals surface area contributed by atoms with E-state index >= 15 is 0 Å². The van der Waals surface area contributed by atoms with Crippen LogP contribution in [0.1, 0.15) is 105 Å². The molecule has 0 amide bonds. The van der Waals surface area contributed by atoms with Gasteiger partial charge in [0.15, 0.2) is 0 Å². The van der Waals surface area contributed by atoms with Gasteiger partial charge in [-0.05, 0) is 98.4 Å². The monoisotopic (exact) mass is 440 g/mol. The molecule has 0 aromatic rings. The summed E-state index contributed by atoms with van der Waals surface area (Å²) >= 11 is 0. The van der Waals surface area contributed by atoms with Crippen molar-refractivity contribution in [3.8, 4) is 0 Å². The van der Waals surface area contributed by atoms with E-state index < -0.39 is 0 Å². The van der Waals surface area contributed by atoms with Gasteiger partial charge in [-0.1, -0.05) is 89.5 Å². The molecule has 0 radical (unpaired) electrons. The Morgan fingerprint density at radius 2 is 1.59 bits per heavy atom. The first-order valence-corrected chi connectivity index (χ1v) is 13.5. The molecule has 1 nitrogen and oxygen atoms in total. The van der Waals surface area contributed by atoms with Crippen LogP contribution in [0, 0.1) is 35.0 Å². The molecule has 0 bridgehead atoms. The predicted octanol–water partition coefficient (Wildman–Crippen LogP) is 9.06. The molecule has 0 aromatic carbocycles. The Balaban J connectivity index is 0.00000176. The number of rotatable bonds is 5. The largest absolute Gasteiger partial charge is 0.400 e. The SMILES string of the molecule is C=C1CCCCC/C1=C/C=C1\CCC[C@@]2(C)C1CCCC2C(C)/C=C/C(C)C(C)C.CO. The lowest BCUT2D eigenvalue weighted by molar-refractivity contribution is 0.0122. The van der Waals surface area contributed by atoms with Gasteiger partial charge in [-0.2, -0.15) is 0 Å². The van der Waals surface area contributed by atoms with Crippen LogP contribution in [0.4, 0.5) is 0 Å². The second-order valence-electron chi connectivity index (χ2n) is 11.4. The van der Waals surface area contributed by atoms with Gasteiger partial charge in [0, 0.05) is 7.11 Å². The summed E-state index contributed by atoms with van der Waals surface area (Å²) in [4.78, 5) is 0. The molecule has 0 aromatic heterocycles. The first kappa shape index (κ1) is 27.2. The lowest BCUT2D eigenvalue weighted by Gasteiger charge is -2.53.